The molecule has 0 spiro atoms. The summed E-state index contributed by atoms with van der Waals surface area (Å²) in [6.07, 6.45) is 2.61. The molecule has 0 saturated heterocycles. The molecular formula is C10H14N4O. The lowest BCUT2D eigenvalue weighted by Crippen LogP contribution is -2.21. The average Bonchev–Trinajstić information content (AvgIpc) is 2.69. The van der Waals surface area contributed by atoms with Crippen LogP contribution in [0.4, 0.5) is 6.01 Å². The van der Waals surface area contributed by atoms with E-state index >= 15 is 0 Å². The summed E-state index contributed by atoms with van der Waals surface area (Å²) in [5.74, 6) is 0. The van der Waals surface area contributed by atoms with Gasteiger partial charge in [-0.1, -0.05) is 0 Å². The van der Waals surface area contributed by atoms with Crippen LogP contribution in [0.15, 0.2) is 22.7 Å². The van der Waals surface area contributed by atoms with E-state index in [9.17, 15) is 0 Å². The molecule has 0 amide bonds. The fourth-order valence-electron chi connectivity index (χ4n) is 1.35. The van der Waals surface area contributed by atoms with Gasteiger partial charge in [0.2, 0.25) is 5.71 Å². The summed E-state index contributed by atoms with van der Waals surface area (Å²) < 4.78 is 5.49. The Morgan fingerprint density at radius 3 is 3.13 bits per heavy atom. The second-order valence-electron chi connectivity index (χ2n) is 3.39. The molecule has 0 aromatic carbocycles. The van der Waals surface area contributed by atoms with E-state index < -0.39 is 0 Å². The van der Waals surface area contributed by atoms with Crippen LogP contribution in [0.1, 0.15) is 6.42 Å². The lowest BCUT2D eigenvalue weighted by atomic mass is 10.4. The van der Waals surface area contributed by atoms with Gasteiger partial charge in [-0.3, -0.25) is 0 Å². The summed E-state index contributed by atoms with van der Waals surface area (Å²) in [7, 11) is 1.93. The maximum absolute atomic E-state index is 5.49. The van der Waals surface area contributed by atoms with Gasteiger partial charge in [0.05, 0.1) is 0 Å². The highest BCUT2D eigenvalue weighted by Gasteiger charge is 2.09. The van der Waals surface area contributed by atoms with E-state index in [0.29, 0.717) is 18.3 Å². The number of anilines is 1. The van der Waals surface area contributed by atoms with Gasteiger partial charge in [-0.25, -0.2) is 4.98 Å². The Balaban J connectivity index is 2.20. The molecule has 2 aromatic rings. The predicted molar refractivity (Wildman–Crippen MR) is 58.7 cm³/mol. The maximum Gasteiger partial charge on any atom is 0.299 e. The molecule has 5 nitrogen and oxygen atoms in total. The fraction of sp³-hybridized carbons (Fsp3) is 0.400. The van der Waals surface area contributed by atoms with Crippen LogP contribution in [0.3, 0.4) is 0 Å². The Morgan fingerprint density at radius 2 is 2.40 bits per heavy atom. The van der Waals surface area contributed by atoms with E-state index in [0.717, 1.165) is 18.5 Å². The summed E-state index contributed by atoms with van der Waals surface area (Å²) in [5.41, 5.74) is 6.80. The molecule has 0 radical (unpaired) electrons. The van der Waals surface area contributed by atoms with Crippen molar-refractivity contribution in [2.45, 2.75) is 6.42 Å². The topological polar surface area (TPSA) is 68.2 Å². The van der Waals surface area contributed by atoms with Crippen LogP contribution < -0.4 is 10.6 Å². The van der Waals surface area contributed by atoms with Gasteiger partial charge >= 0.3 is 0 Å². The van der Waals surface area contributed by atoms with Crippen molar-refractivity contribution in [3.05, 3.63) is 18.3 Å². The molecule has 0 aliphatic rings. The third kappa shape index (κ3) is 2.07. The van der Waals surface area contributed by atoms with Crippen LogP contribution in [0.25, 0.3) is 11.2 Å². The molecule has 2 aromatic heterocycles. The molecule has 5 heteroatoms. The SMILES string of the molecule is CN(CCCN)c1nc2cccnc2o1. The Labute approximate surface area is 87.9 Å². The summed E-state index contributed by atoms with van der Waals surface area (Å²) >= 11 is 0. The first-order chi connectivity index (χ1) is 7.31. The fourth-order valence-corrected chi connectivity index (χ4v) is 1.35. The van der Waals surface area contributed by atoms with Gasteiger partial charge < -0.3 is 15.1 Å². The van der Waals surface area contributed by atoms with Crippen molar-refractivity contribution in [2.75, 3.05) is 25.0 Å². The zero-order valence-electron chi connectivity index (χ0n) is 8.68. The standard InChI is InChI=1S/C10H14N4O/c1-14(7-3-5-11)10-13-8-4-2-6-12-9(8)15-10/h2,4,6H,3,5,7,11H2,1H3. The van der Waals surface area contributed by atoms with Crippen LogP contribution in [0, 0.1) is 0 Å². The number of hydrogen-bond acceptors (Lipinski definition) is 5. The normalized spacial score (nSPS) is 10.8. The van der Waals surface area contributed by atoms with Crippen LogP contribution in [-0.4, -0.2) is 30.1 Å². The predicted octanol–water partition coefficient (Wildman–Crippen LogP) is 1.01. The number of hydrogen-bond donors (Lipinski definition) is 1. The average molecular weight is 206 g/mol. The van der Waals surface area contributed by atoms with Gasteiger partial charge in [0.1, 0.15) is 5.52 Å². The third-order valence-corrected chi connectivity index (χ3v) is 2.18. The Morgan fingerprint density at radius 1 is 1.53 bits per heavy atom. The van der Waals surface area contributed by atoms with E-state index in [2.05, 4.69) is 9.97 Å². The third-order valence-electron chi connectivity index (χ3n) is 2.18. The van der Waals surface area contributed by atoms with Gasteiger partial charge in [-0.15, -0.1) is 0 Å². The quantitative estimate of drug-likeness (QED) is 0.808. The van der Waals surface area contributed by atoms with Gasteiger partial charge in [0.25, 0.3) is 6.01 Å². The Bertz CT molecular complexity index is 407. The van der Waals surface area contributed by atoms with Crippen molar-refractivity contribution in [1.29, 1.82) is 0 Å². The van der Waals surface area contributed by atoms with Crippen LogP contribution >= 0.6 is 0 Å². The minimum atomic E-state index is 0.576. The minimum Gasteiger partial charge on any atom is -0.404 e. The molecule has 0 bridgehead atoms. The highest BCUT2D eigenvalue weighted by atomic mass is 16.4. The smallest absolute Gasteiger partial charge is 0.299 e. The highest BCUT2D eigenvalue weighted by molar-refractivity contribution is 5.69. The molecule has 15 heavy (non-hydrogen) atoms. The van der Waals surface area contributed by atoms with Crippen LogP contribution in [0.2, 0.25) is 0 Å². The van der Waals surface area contributed by atoms with Gasteiger partial charge in [0.15, 0.2) is 0 Å². The van der Waals surface area contributed by atoms with Crippen LogP contribution in [-0.2, 0) is 0 Å². The number of nitrogens with zero attached hydrogens (tertiary/aromatic N) is 3. The van der Waals surface area contributed by atoms with E-state index in [1.165, 1.54) is 0 Å². The molecule has 80 valence electrons. The van der Waals surface area contributed by atoms with Crippen LogP contribution in [0.5, 0.6) is 0 Å². The second-order valence-corrected chi connectivity index (χ2v) is 3.39. The monoisotopic (exact) mass is 206 g/mol. The molecule has 0 atom stereocenters. The summed E-state index contributed by atoms with van der Waals surface area (Å²) in [5, 5.41) is 0. The highest BCUT2D eigenvalue weighted by Crippen LogP contribution is 2.18. The van der Waals surface area contributed by atoms with Gasteiger partial charge in [-0.2, -0.15) is 4.98 Å². The zero-order valence-corrected chi connectivity index (χ0v) is 8.68. The molecule has 0 aliphatic heterocycles. The van der Waals surface area contributed by atoms with Crippen molar-refractivity contribution >= 4 is 17.2 Å². The number of aromatic nitrogens is 2. The van der Waals surface area contributed by atoms with Crippen molar-refractivity contribution < 1.29 is 4.42 Å². The largest absolute Gasteiger partial charge is 0.404 e. The molecule has 0 saturated carbocycles. The first kappa shape index (κ1) is 9.92. The van der Waals surface area contributed by atoms with E-state index in [4.69, 9.17) is 10.2 Å². The molecule has 2 rings (SSSR count). The molecule has 0 unspecified atom stereocenters. The lowest BCUT2D eigenvalue weighted by Gasteiger charge is -2.12. The number of pyridine rings is 1. The van der Waals surface area contributed by atoms with E-state index in [1.54, 1.807) is 6.20 Å². The second kappa shape index (κ2) is 4.27. The zero-order chi connectivity index (χ0) is 10.7. The number of fused-ring (bicyclic) bond motifs is 1. The first-order valence-electron chi connectivity index (χ1n) is 4.94. The number of oxazole rings is 1. The first-order valence-corrected chi connectivity index (χ1v) is 4.94. The van der Waals surface area contributed by atoms with Crippen molar-refractivity contribution in [2.24, 2.45) is 5.73 Å². The number of nitrogens with two attached hydrogens (primary N) is 1. The molecule has 2 heterocycles. The molecule has 2 N–H and O–H groups in total. The maximum atomic E-state index is 5.49. The molecule has 0 aliphatic carbocycles. The van der Waals surface area contributed by atoms with Gasteiger partial charge in [-0.05, 0) is 25.1 Å². The lowest BCUT2D eigenvalue weighted by molar-refractivity contribution is 0.570. The van der Waals surface area contributed by atoms with Gasteiger partial charge in [0, 0.05) is 19.8 Å². The van der Waals surface area contributed by atoms with Crippen molar-refractivity contribution in [1.82, 2.24) is 9.97 Å². The summed E-state index contributed by atoms with van der Waals surface area (Å²) in [6, 6.07) is 4.32. The molecular weight excluding hydrogens is 192 g/mol. The molecule has 0 fully saturated rings. The Kier molecular flexibility index (Phi) is 2.82. The Hall–Kier alpha value is -1.62. The van der Waals surface area contributed by atoms with E-state index in [-0.39, 0.29) is 0 Å². The number of rotatable bonds is 4. The van der Waals surface area contributed by atoms with Crippen molar-refractivity contribution in [3.63, 3.8) is 0 Å². The summed E-state index contributed by atoms with van der Waals surface area (Å²) in [4.78, 5) is 10.3. The van der Waals surface area contributed by atoms with E-state index in [1.807, 2.05) is 24.1 Å². The summed E-state index contributed by atoms with van der Waals surface area (Å²) in [6.45, 7) is 1.51. The van der Waals surface area contributed by atoms with Crippen molar-refractivity contribution in [3.8, 4) is 0 Å². The minimum absolute atomic E-state index is 0.576.